The lowest BCUT2D eigenvalue weighted by atomic mass is 9.98. The zero-order valence-electron chi connectivity index (χ0n) is 19.6. The number of benzene rings is 2. The molecule has 1 fully saturated rings. The van der Waals surface area contributed by atoms with Crippen LogP contribution in [-0.2, 0) is 9.59 Å². The van der Waals surface area contributed by atoms with Gasteiger partial charge in [-0.05, 0) is 41.8 Å². The summed E-state index contributed by atoms with van der Waals surface area (Å²) in [6, 6.07) is 17.9. The van der Waals surface area contributed by atoms with E-state index in [0.29, 0.717) is 22.3 Å². The molecule has 1 aliphatic rings. The molecule has 1 atom stereocenters. The van der Waals surface area contributed by atoms with Gasteiger partial charge in [0.2, 0.25) is 0 Å². The van der Waals surface area contributed by atoms with Crippen molar-refractivity contribution in [3.05, 3.63) is 95.5 Å². The van der Waals surface area contributed by atoms with E-state index < -0.39 is 17.7 Å². The summed E-state index contributed by atoms with van der Waals surface area (Å²) in [6.45, 7) is 4.24. The molecular formula is C28H22N4O3S. The van der Waals surface area contributed by atoms with Crippen LogP contribution < -0.4 is 4.90 Å². The number of H-pyrrole nitrogens is 1. The first-order chi connectivity index (χ1) is 17.4. The molecule has 1 saturated heterocycles. The number of ketones is 1. The van der Waals surface area contributed by atoms with Crippen LogP contribution in [0.5, 0.6) is 0 Å². The zero-order valence-corrected chi connectivity index (χ0v) is 20.4. The molecule has 2 aromatic carbocycles. The number of pyridine rings is 1. The molecule has 2 N–H and O–H groups in total. The number of Topliss-reactive ketones (excluding diaryl/α,β-unsaturated/α-hetero) is 1. The lowest BCUT2D eigenvalue weighted by Gasteiger charge is -2.21. The Hall–Kier alpha value is -4.30. The maximum Gasteiger partial charge on any atom is 0.301 e. The summed E-state index contributed by atoms with van der Waals surface area (Å²) in [6.07, 6.45) is 3.25. The molecule has 0 bridgehead atoms. The molecule has 7 nitrogen and oxygen atoms in total. The molecule has 178 valence electrons. The number of hydrogen-bond acceptors (Lipinski definition) is 6. The van der Waals surface area contributed by atoms with E-state index in [1.54, 1.807) is 30.6 Å². The lowest BCUT2D eigenvalue weighted by Crippen LogP contribution is -2.29. The van der Waals surface area contributed by atoms with Crippen molar-refractivity contribution >= 4 is 55.0 Å². The Morgan fingerprint density at radius 1 is 1.08 bits per heavy atom. The largest absolute Gasteiger partial charge is 0.507 e. The van der Waals surface area contributed by atoms with E-state index in [2.05, 4.69) is 29.9 Å². The summed E-state index contributed by atoms with van der Waals surface area (Å²) in [5, 5.41) is 12.6. The average Bonchev–Trinajstić information content (AvgIpc) is 3.58. The topological polar surface area (TPSA) is 99.2 Å². The van der Waals surface area contributed by atoms with Gasteiger partial charge >= 0.3 is 5.91 Å². The number of carbonyl (C=O) groups excluding carboxylic acids is 2. The monoisotopic (exact) mass is 494 g/mol. The number of hydrogen-bond donors (Lipinski definition) is 2. The first-order valence-corrected chi connectivity index (χ1v) is 12.4. The Morgan fingerprint density at radius 3 is 2.67 bits per heavy atom. The second-order valence-corrected chi connectivity index (χ2v) is 10.1. The van der Waals surface area contributed by atoms with E-state index >= 15 is 0 Å². The molecule has 1 amide bonds. The van der Waals surface area contributed by atoms with E-state index in [4.69, 9.17) is 4.98 Å². The third kappa shape index (κ3) is 3.41. The molecule has 4 heterocycles. The van der Waals surface area contributed by atoms with Gasteiger partial charge in [-0.3, -0.25) is 19.5 Å². The number of rotatable bonds is 4. The van der Waals surface area contributed by atoms with Crippen LogP contribution in [0.4, 0.5) is 5.13 Å². The molecule has 1 aliphatic heterocycles. The summed E-state index contributed by atoms with van der Waals surface area (Å²) in [5.41, 5.74) is 3.65. The van der Waals surface area contributed by atoms with Crippen LogP contribution in [0.3, 0.4) is 0 Å². The molecule has 3 aromatic heterocycles. The maximum atomic E-state index is 13.5. The van der Waals surface area contributed by atoms with Crippen LogP contribution in [0, 0.1) is 0 Å². The van der Waals surface area contributed by atoms with Gasteiger partial charge in [0.05, 0.1) is 21.5 Å². The number of aromatic nitrogens is 3. The minimum absolute atomic E-state index is 0.00872. The van der Waals surface area contributed by atoms with Gasteiger partial charge in [0.25, 0.3) is 5.78 Å². The van der Waals surface area contributed by atoms with Crippen molar-refractivity contribution in [1.29, 1.82) is 0 Å². The van der Waals surface area contributed by atoms with Crippen LogP contribution in [0.15, 0.2) is 78.6 Å². The van der Waals surface area contributed by atoms with Gasteiger partial charge in [-0.1, -0.05) is 55.5 Å². The highest BCUT2D eigenvalue weighted by atomic mass is 32.1. The Kier molecular flexibility index (Phi) is 5.19. The van der Waals surface area contributed by atoms with Crippen molar-refractivity contribution in [1.82, 2.24) is 15.0 Å². The Balaban J connectivity index is 1.56. The van der Waals surface area contributed by atoms with Gasteiger partial charge in [0.1, 0.15) is 11.8 Å². The summed E-state index contributed by atoms with van der Waals surface area (Å²) < 4.78 is 0.925. The number of aliphatic hydroxyl groups excluding tert-OH is 1. The Labute approximate surface area is 210 Å². The van der Waals surface area contributed by atoms with Gasteiger partial charge < -0.3 is 10.1 Å². The predicted octanol–water partition coefficient (Wildman–Crippen LogP) is 5.92. The van der Waals surface area contributed by atoms with Crippen LogP contribution in [0.1, 0.15) is 42.6 Å². The predicted molar refractivity (Wildman–Crippen MR) is 141 cm³/mol. The van der Waals surface area contributed by atoms with Gasteiger partial charge in [-0.2, -0.15) is 0 Å². The first kappa shape index (κ1) is 22.2. The second-order valence-electron chi connectivity index (χ2n) is 9.05. The molecule has 0 saturated carbocycles. The minimum Gasteiger partial charge on any atom is -0.507 e. The van der Waals surface area contributed by atoms with Crippen molar-refractivity contribution in [2.45, 2.75) is 25.8 Å². The molecule has 36 heavy (non-hydrogen) atoms. The highest BCUT2D eigenvalue weighted by molar-refractivity contribution is 7.22. The first-order valence-electron chi connectivity index (χ1n) is 11.6. The van der Waals surface area contributed by atoms with Crippen LogP contribution in [-0.4, -0.2) is 31.7 Å². The van der Waals surface area contributed by atoms with E-state index in [1.807, 2.05) is 36.4 Å². The van der Waals surface area contributed by atoms with Gasteiger partial charge in [0.15, 0.2) is 5.13 Å². The zero-order chi connectivity index (χ0) is 25.0. The Morgan fingerprint density at radius 2 is 1.89 bits per heavy atom. The molecule has 8 heteroatoms. The molecule has 1 unspecified atom stereocenters. The third-order valence-electron chi connectivity index (χ3n) is 6.53. The van der Waals surface area contributed by atoms with Crippen molar-refractivity contribution in [3.63, 3.8) is 0 Å². The molecule has 0 spiro atoms. The number of fused-ring (bicyclic) bond motifs is 2. The highest BCUT2D eigenvalue weighted by Crippen LogP contribution is 2.44. The summed E-state index contributed by atoms with van der Waals surface area (Å²) in [7, 11) is 0. The fourth-order valence-corrected chi connectivity index (χ4v) is 5.69. The Bertz CT molecular complexity index is 1680. The summed E-state index contributed by atoms with van der Waals surface area (Å²) >= 11 is 1.35. The minimum atomic E-state index is -0.912. The van der Waals surface area contributed by atoms with Crippen LogP contribution in [0.2, 0.25) is 0 Å². The highest BCUT2D eigenvalue weighted by Gasteiger charge is 2.49. The molecule has 0 radical (unpaired) electrons. The third-order valence-corrected chi connectivity index (χ3v) is 7.55. The SMILES string of the molecule is CC(C)c1ccc2nc(N3C(=O)C(=O)/C(=C(/O)c4c[nH]c5ccccc45)C3c3ccccn3)sc2c1. The molecule has 6 rings (SSSR count). The fourth-order valence-electron chi connectivity index (χ4n) is 4.65. The van der Waals surface area contributed by atoms with Crippen molar-refractivity contribution < 1.29 is 14.7 Å². The molecule has 0 aliphatic carbocycles. The van der Waals surface area contributed by atoms with E-state index in [1.165, 1.54) is 21.8 Å². The maximum absolute atomic E-state index is 13.5. The normalized spacial score (nSPS) is 17.6. The van der Waals surface area contributed by atoms with Gasteiger partial charge in [0, 0.05) is 28.9 Å². The number of aliphatic hydroxyl groups is 1. The van der Waals surface area contributed by atoms with Crippen LogP contribution in [0.25, 0.3) is 26.9 Å². The molecule has 5 aromatic rings. The van der Waals surface area contributed by atoms with Crippen molar-refractivity contribution in [2.24, 2.45) is 0 Å². The second kappa shape index (κ2) is 8.42. The van der Waals surface area contributed by atoms with E-state index in [-0.39, 0.29) is 11.3 Å². The number of para-hydroxylation sites is 1. The number of aromatic amines is 1. The van der Waals surface area contributed by atoms with Crippen molar-refractivity contribution in [3.8, 4) is 0 Å². The summed E-state index contributed by atoms with van der Waals surface area (Å²) in [5.74, 6) is -1.41. The van der Waals surface area contributed by atoms with E-state index in [0.717, 1.165) is 21.1 Å². The number of amides is 1. The lowest BCUT2D eigenvalue weighted by molar-refractivity contribution is -0.132. The molecular weight excluding hydrogens is 472 g/mol. The fraction of sp³-hybridized carbons (Fsp3) is 0.143. The van der Waals surface area contributed by atoms with Gasteiger partial charge in [-0.25, -0.2) is 4.98 Å². The smallest absolute Gasteiger partial charge is 0.301 e. The standard InChI is InChI=1S/C28H22N4O3S/c1-15(2)16-10-11-20-22(13-16)36-28(31-20)32-24(21-9-5-6-12-29-21)23(26(34)27(32)35)25(33)18-14-30-19-8-4-3-7-17(18)19/h3-15,24,30,33H,1-2H3/b25-23+. The quantitative estimate of drug-likeness (QED) is 0.183. The number of nitrogens with one attached hydrogen (secondary N) is 1. The average molecular weight is 495 g/mol. The number of anilines is 1. The van der Waals surface area contributed by atoms with Crippen LogP contribution >= 0.6 is 11.3 Å². The number of thiazole rings is 1. The van der Waals surface area contributed by atoms with Gasteiger partial charge in [-0.15, -0.1) is 0 Å². The van der Waals surface area contributed by atoms with Crippen molar-refractivity contribution in [2.75, 3.05) is 4.90 Å². The number of nitrogens with zero attached hydrogens (tertiary/aromatic N) is 3. The summed E-state index contributed by atoms with van der Waals surface area (Å²) in [4.78, 5) is 40.5. The number of carbonyl (C=O) groups is 2. The van der Waals surface area contributed by atoms with E-state index in [9.17, 15) is 14.7 Å².